The quantitative estimate of drug-likeness (QED) is 0.480. The van der Waals surface area contributed by atoms with Crippen molar-refractivity contribution in [3.05, 3.63) is 46.3 Å². The Morgan fingerprint density at radius 2 is 1.84 bits per heavy atom. The van der Waals surface area contributed by atoms with Gasteiger partial charge < -0.3 is 15.4 Å². The topological polar surface area (TPSA) is 63.5 Å². The Kier molecular flexibility index (Phi) is 6.44. The minimum absolute atomic E-state index is 0.581. The molecule has 0 atom stereocenters. The van der Waals surface area contributed by atoms with Crippen molar-refractivity contribution in [2.24, 2.45) is 12.0 Å². The van der Waals surface area contributed by atoms with Crippen LogP contribution in [0.4, 0.5) is 0 Å². The first-order chi connectivity index (χ1) is 11.9. The third-order valence-corrected chi connectivity index (χ3v) is 4.36. The van der Waals surface area contributed by atoms with Crippen LogP contribution in [0.3, 0.4) is 0 Å². The van der Waals surface area contributed by atoms with E-state index in [1.165, 1.54) is 11.3 Å². The molecule has 2 rings (SSSR count). The predicted molar refractivity (Wildman–Crippen MR) is 102 cm³/mol. The maximum atomic E-state index is 5.91. The van der Waals surface area contributed by atoms with Crippen molar-refractivity contribution in [1.29, 1.82) is 0 Å². The lowest BCUT2D eigenvalue weighted by Crippen LogP contribution is -2.39. The summed E-state index contributed by atoms with van der Waals surface area (Å²) in [5, 5.41) is 11.0. The smallest absolute Gasteiger partial charge is 0.191 e. The summed E-state index contributed by atoms with van der Waals surface area (Å²) in [6, 6.07) is 6.17. The first kappa shape index (κ1) is 18.8. The molecule has 0 bridgehead atoms. The Morgan fingerprint density at radius 3 is 2.40 bits per heavy atom. The molecule has 6 nitrogen and oxygen atoms in total. The average Bonchev–Trinajstić information content (AvgIpc) is 2.82. The van der Waals surface area contributed by atoms with Crippen molar-refractivity contribution in [3.63, 3.8) is 0 Å². The van der Waals surface area contributed by atoms with Crippen LogP contribution in [0.25, 0.3) is 0 Å². The molecule has 25 heavy (non-hydrogen) atoms. The van der Waals surface area contributed by atoms with E-state index in [4.69, 9.17) is 4.74 Å². The number of aromatic nitrogens is 2. The molecule has 0 unspecified atom stereocenters. The number of benzene rings is 1. The highest BCUT2D eigenvalue weighted by atomic mass is 16.5. The van der Waals surface area contributed by atoms with Crippen LogP contribution in [-0.2, 0) is 13.6 Å². The van der Waals surface area contributed by atoms with E-state index in [-0.39, 0.29) is 0 Å². The van der Waals surface area contributed by atoms with Crippen molar-refractivity contribution in [3.8, 4) is 5.75 Å². The normalized spacial score (nSPS) is 11.5. The van der Waals surface area contributed by atoms with E-state index in [2.05, 4.69) is 53.6 Å². The van der Waals surface area contributed by atoms with Gasteiger partial charge >= 0.3 is 0 Å². The van der Waals surface area contributed by atoms with Crippen molar-refractivity contribution in [2.45, 2.75) is 34.2 Å². The largest absolute Gasteiger partial charge is 0.491 e. The molecule has 0 fully saturated rings. The summed E-state index contributed by atoms with van der Waals surface area (Å²) in [6.07, 6.45) is 0. The molecule has 0 amide bonds. The Hall–Kier alpha value is -2.50. The van der Waals surface area contributed by atoms with Gasteiger partial charge in [-0.05, 0) is 38.8 Å². The molecule has 0 saturated carbocycles. The SMILES string of the molecule is CN=C(NCCOc1c(C)cccc1C)NCc1c(C)nn(C)c1C. The Morgan fingerprint density at radius 1 is 1.16 bits per heavy atom. The zero-order valence-electron chi connectivity index (χ0n) is 16.1. The monoisotopic (exact) mass is 343 g/mol. The fourth-order valence-corrected chi connectivity index (χ4v) is 2.82. The number of hydrogen-bond donors (Lipinski definition) is 2. The van der Waals surface area contributed by atoms with Gasteiger partial charge in [0.1, 0.15) is 12.4 Å². The number of hydrogen-bond acceptors (Lipinski definition) is 3. The number of nitrogens with zero attached hydrogens (tertiary/aromatic N) is 3. The Balaban J connectivity index is 1.81. The Labute approximate surface area is 150 Å². The second kappa shape index (κ2) is 8.55. The number of ether oxygens (including phenoxy) is 1. The van der Waals surface area contributed by atoms with E-state index in [1.54, 1.807) is 7.05 Å². The minimum Gasteiger partial charge on any atom is -0.491 e. The maximum absolute atomic E-state index is 5.91. The Bertz CT molecular complexity index is 728. The fraction of sp³-hybridized carbons (Fsp3) is 0.474. The second-order valence-electron chi connectivity index (χ2n) is 6.19. The zero-order valence-corrected chi connectivity index (χ0v) is 16.1. The fourth-order valence-electron chi connectivity index (χ4n) is 2.82. The van der Waals surface area contributed by atoms with Gasteiger partial charge in [-0.2, -0.15) is 5.10 Å². The third-order valence-electron chi connectivity index (χ3n) is 4.36. The number of para-hydroxylation sites is 1. The highest BCUT2D eigenvalue weighted by molar-refractivity contribution is 5.79. The second-order valence-corrected chi connectivity index (χ2v) is 6.19. The van der Waals surface area contributed by atoms with Crippen LogP contribution < -0.4 is 15.4 Å². The van der Waals surface area contributed by atoms with Crippen LogP contribution >= 0.6 is 0 Å². The van der Waals surface area contributed by atoms with Crippen molar-refractivity contribution in [1.82, 2.24) is 20.4 Å². The zero-order chi connectivity index (χ0) is 18.4. The van der Waals surface area contributed by atoms with Gasteiger partial charge in [-0.1, -0.05) is 18.2 Å². The average molecular weight is 343 g/mol. The molecule has 0 saturated heterocycles. The van der Waals surface area contributed by atoms with Crippen LogP contribution in [0.5, 0.6) is 5.75 Å². The summed E-state index contributed by atoms with van der Waals surface area (Å²) >= 11 is 0. The summed E-state index contributed by atoms with van der Waals surface area (Å²) in [5.74, 6) is 1.72. The molecule has 6 heteroatoms. The molecule has 2 N–H and O–H groups in total. The first-order valence-corrected chi connectivity index (χ1v) is 8.56. The maximum Gasteiger partial charge on any atom is 0.191 e. The lowest BCUT2D eigenvalue weighted by molar-refractivity contribution is 0.317. The molecular formula is C19H29N5O. The predicted octanol–water partition coefficient (Wildman–Crippen LogP) is 2.40. The van der Waals surface area contributed by atoms with E-state index in [1.807, 2.05) is 24.7 Å². The van der Waals surface area contributed by atoms with Crippen LogP contribution in [0.15, 0.2) is 23.2 Å². The lowest BCUT2D eigenvalue weighted by atomic mass is 10.1. The molecule has 0 aliphatic rings. The highest BCUT2D eigenvalue weighted by Gasteiger charge is 2.09. The standard InChI is InChI=1S/C19H29N5O/c1-13-8-7-9-14(2)18(13)25-11-10-21-19(20-5)22-12-17-15(3)23-24(6)16(17)4/h7-9H,10-12H2,1-6H3,(H2,20,21,22). The number of aryl methyl sites for hydroxylation is 4. The summed E-state index contributed by atoms with van der Waals surface area (Å²) in [6.45, 7) is 10.2. The van der Waals surface area contributed by atoms with Gasteiger partial charge in [-0.15, -0.1) is 0 Å². The lowest BCUT2D eigenvalue weighted by Gasteiger charge is -2.14. The molecule has 0 radical (unpaired) electrons. The molecular weight excluding hydrogens is 314 g/mol. The number of aliphatic imine (C=N–C) groups is 1. The summed E-state index contributed by atoms with van der Waals surface area (Å²) < 4.78 is 7.81. The van der Waals surface area contributed by atoms with Crippen LogP contribution in [0, 0.1) is 27.7 Å². The molecule has 136 valence electrons. The number of nitrogens with one attached hydrogen (secondary N) is 2. The molecule has 0 aliphatic carbocycles. The minimum atomic E-state index is 0.581. The van der Waals surface area contributed by atoms with E-state index in [9.17, 15) is 0 Å². The van der Waals surface area contributed by atoms with Gasteiger partial charge in [0, 0.05) is 31.9 Å². The summed E-state index contributed by atoms with van der Waals surface area (Å²) in [4.78, 5) is 4.26. The highest BCUT2D eigenvalue weighted by Crippen LogP contribution is 2.21. The van der Waals surface area contributed by atoms with Crippen LogP contribution in [0.1, 0.15) is 28.1 Å². The molecule has 1 aromatic heterocycles. The van der Waals surface area contributed by atoms with Gasteiger partial charge in [0.15, 0.2) is 5.96 Å². The van der Waals surface area contributed by atoms with Gasteiger partial charge in [-0.3, -0.25) is 9.67 Å². The summed E-state index contributed by atoms with van der Waals surface area (Å²) in [7, 11) is 3.73. The van der Waals surface area contributed by atoms with Gasteiger partial charge in [-0.25, -0.2) is 0 Å². The van der Waals surface area contributed by atoms with Crippen molar-refractivity contribution in [2.75, 3.05) is 20.2 Å². The summed E-state index contributed by atoms with van der Waals surface area (Å²) in [5.41, 5.74) is 5.73. The number of guanidine groups is 1. The van der Waals surface area contributed by atoms with E-state index in [0.29, 0.717) is 19.7 Å². The third kappa shape index (κ3) is 4.75. The van der Waals surface area contributed by atoms with Gasteiger partial charge in [0.2, 0.25) is 0 Å². The van der Waals surface area contributed by atoms with E-state index >= 15 is 0 Å². The van der Waals surface area contributed by atoms with Crippen LogP contribution in [0.2, 0.25) is 0 Å². The van der Waals surface area contributed by atoms with Crippen LogP contribution in [-0.4, -0.2) is 35.9 Å². The molecule has 1 aromatic carbocycles. The molecule has 0 spiro atoms. The van der Waals surface area contributed by atoms with Crippen molar-refractivity contribution >= 4 is 5.96 Å². The molecule has 1 heterocycles. The first-order valence-electron chi connectivity index (χ1n) is 8.56. The van der Waals surface area contributed by atoms with E-state index < -0.39 is 0 Å². The van der Waals surface area contributed by atoms with E-state index in [0.717, 1.165) is 28.5 Å². The van der Waals surface area contributed by atoms with Crippen molar-refractivity contribution < 1.29 is 4.74 Å². The van der Waals surface area contributed by atoms with Gasteiger partial charge in [0.25, 0.3) is 0 Å². The molecule has 2 aromatic rings. The number of rotatable bonds is 6. The molecule has 0 aliphatic heterocycles. The van der Waals surface area contributed by atoms with Gasteiger partial charge in [0.05, 0.1) is 12.2 Å².